The molecule has 1 heterocycles. The minimum absolute atomic E-state index is 0.123. The monoisotopic (exact) mass is 536 g/mol. The number of benzene rings is 3. The zero-order chi connectivity index (χ0) is 24.6. The molecule has 1 aromatic heterocycles. The summed E-state index contributed by atoms with van der Waals surface area (Å²) in [6, 6.07) is 19.6. The van der Waals surface area contributed by atoms with Crippen molar-refractivity contribution in [2.45, 2.75) is 26.8 Å². The van der Waals surface area contributed by atoms with E-state index in [1.165, 1.54) is 0 Å². The molecule has 0 aliphatic rings. The first-order chi connectivity index (χ1) is 17.0. The summed E-state index contributed by atoms with van der Waals surface area (Å²) in [6.07, 6.45) is 0.797. The number of para-hydroxylation sites is 2. The Morgan fingerprint density at radius 2 is 1.89 bits per heavy atom. The van der Waals surface area contributed by atoms with Gasteiger partial charge in [0.05, 0.1) is 22.1 Å². The summed E-state index contributed by atoms with van der Waals surface area (Å²) in [5.41, 5.74) is 4.94. The molecule has 0 unspecified atom stereocenters. The van der Waals surface area contributed by atoms with Crippen LogP contribution in [0.3, 0.4) is 0 Å². The van der Waals surface area contributed by atoms with Gasteiger partial charge in [-0.05, 0) is 71.7 Å². The fourth-order valence-corrected chi connectivity index (χ4v) is 4.27. The molecular formula is C27H29BrN4O3. The first-order valence-electron chi connectivity index (χ1n) is 11.6. The average Bonchev–Trinajstić information content (AvgIpc) is 3.26. The molecule has 0 aliphatic heterocycles. The maximum absolute atomic E-state index is 12.4. The SMILES string of the molecule is CCOc1cc(CNCCc2nc3ccccc3[nH]2)cc(Br)c1OCC(=O)Nc1ccc(C)cc1. The van der Waals surface area contributed by atoms with E-state index in [1.807, 2.05) is 74.5 Å². The number of nitrogens with zero attached hydrogens (tertiary/aromatic N) is 1. The van der Waals surface area contributed by atoms with Gasteiger partial charge in [0, 0.05) is 25.2 Å². The Morgan fingerprint density at radius 3 is 2.66 bits per heavy atom. The second-order valence-electron chi connectivity index (χ2n) is 8.17. The fourth-order valence-electron chi connectivity index (χ4n) is 3.66. The summed E-state index contributed by atoms with van der Waals surface area (Å²) in [5, 5.41) is 6.29. The molecule has 0 spiro atoms. The van der Waals surface area contributed by atoms with E-state index in [1.54, 1.807) is 0 Å². The second-order valence-corrected chi connectivity index (χ2v) is 9.02. The lowest BCUT2D eigenvalue weighted by atomic mass is 10.2. The number of fused-ring (bicyclic) bond motifs is 1. The molecule has 35 heavy (non-hydrogen) atoms. The maximum atomic E-state index is 12.4. The summed E-state index contributed by atoms with van der Waals surface area (Å²) >= 11 is 3.58. The van der Waals surface area contributed by atoms with Crippen LogP contribution in [0.2, 0.25) is 0 Å². The third-order valence-electron chi connectivity index (χ3n) is 5.36. The molecule has 0 fully saturated rings. The minimum atomic E-state index is -0.237. The lowest BCUT2D eigenvalue weighted by Crippen LogP contribution is -2.20. The van der Waals surface area contributed by atoms with Crippen molar-refractivity contribution in [2.24, 2.45) is 0 Å². The molecule has 8 heteroatoms. The highest BCUT2D eigenvalue weighted by atomic mass is 79.9. The van der Waals surface area contributed by atoms with Crippen LogP contribution in [0.25, 0.3) is 11.0 Å². The molecule has 0 saturated carbocycles. The van der Waals surface area contributed by atoms with Crippen LogP contribution in [0, 0.1) is 6.92 Å². The third kappa shape index (κ3) is 6.83. The molecule has 4 rings (SSSR count). The molecule has 0 saturated heterocycles. The van der Waals surface area contributed by atoms with Crippen LogP contribution in [0.1, 0.15) is 23.9 Å². The molecule has 0 atom stereocenters. The summed E-state index contributed by atoms with van der Waals surface area (Å²) in [5.74, 6) is 1.83. The van der Waals surface area contributed by atoms with Crippen molar-refractivity contribution >= 4 is 38.6 Å². The van der Waals surface area contributed by atoms with Gasteiger partial charge >= 0.3 is 0 Å². The summed E-state index contributed by atoms with van der Waals surface area (Å²) in [4.78, 5) is 20.3. The van der Waals surface area contributed by atoms with Crippen LogP contribution in [0.5, 0.6) is 11.5 Å². The normalized spacial score (nSPS) is 10.9. The Labute approximate surface area is 213 Å². The highest BCUT2D eigenvalue weighted by molar-refractivity contribution is 9.10. The number of aromatic amines is 1. The summed E-state index contributed by atoms with van der Waals surface area (Å²) in [7, 11) is 0. The zero-order valence-electron chi connectivity index (χ0n) is 19.9. The van der Waals surface area contributed by atoms with E-state index in [0.717, 1.165) is 51.1 Å². The van der Waals surface area contributed by atoms with Gasteiger partial charge in [-0.2, -0.15) is 0 Å². The quantitative estimate of drug-likeness (QED) is 0.224. The average molecular weight is 537 g/mol. The highest BCUT2D eigenvalue weighted by Crippen LogP contribution is 2.37. The number of ether oxygens (including phenoxy) is 2. The van der Waals surface area contributed by atoms with E-state index in [4.69, 9.17) is 9.47 Å². The van der Waals surface area contributed by atoms with Gasteiger partial charge in [-0.1, -0.05) is 29.8 Å². The number of carbonyl (C=O) groups is 1. The third-order valence-corrected chi connectivity index (χ3v) is 5.95. The van der Waals surface area contributed by atoms with E-state index in [-0.39, 0.29) is 12.5 Å². The Kier molecular flexibility index (Phi) is 8.39. The Hall–Kier alpha value is -3.36. The number of halogens is 1. The number of hydrogen-bond donors (Lipinski definition) is 3. The number of nitrogens with one attached hydrogen (secondary N) is 3. The smallest absolute Gasteiger partial charge is 0.262 e. The van der Waals surface area contributed by atoms with Crippen molar-refractivity contribution in [2.75, 3.05) is 25.1 Å². The molecule has 4 aromatic rings. The number of rotatable bonds is 11. The molecule has 0 aliphatic carbocycles. The van der Waals surface area contributed by atoms with Crippen molar-refractivity contribution < 1.29 is 14.3 Å². The number of imidazole rings is 1. The standard InChI is InChI=1S/C27H29BrN4O3/c1-3-34-24-15-19(16-29-13-12-25-31-22-6-4-5-7-23(22)32-25)14-21(28)27(24)35-17-26(33)30-20-10-8-18(2)9-11-20/h4-11,14-15,29H,3,12-13,16-17H2,1-2H3,(H,30,33)(H,31,32). The highest BCUT2D eigenvalue weighted by Gasteiger charge is 2.14. The molecule has 3 aromatic carbocycles. The Bertz CT molecular complexity index is 1250. The van der Waals surface area contributed by atoms with E-state index in [2.05, 4.69) is 36.5 Å². The van der Waals surface area contributed by atoms with Crippen LogP contribution >= 0.6 is 15.9 Å². The number of H-pyrrole nitrogens is 1. The van der Waals surface area contributed by atoms with E-state index < -0.39 is 0 Å². The molecular weight excluding hydrogens is 508 g/mol. The number of aromatic nitrogens is 2. The number of aryl methyl sites for hydroxylation is 1. The number of carbonyl (C=O) groups excluding carboxylic acids is 1. The van der Waals surface area contributed by atoms with E-state index in [0.29, 0.717) is 24.7 Å². The fraction of sp³-hybridized carbons (Fsp3) is 0.259. The first-order valence-corrected chi connectivity index (χ1v) is 12.4. The minimum Gasteiger partial charge on any atom is -0.490 e. The maximum Gasteiger partial charge on any atom is 0.262 e. The van der Waals surface area contributed by atoms with Crippen LogP contribution in [-0.4, -0.2) is 35.6 Å². The van der Waals surface area contributed by atoms with Gasteiger partial charge in [0.1, 0.15) is 5.82 Å². The molecule has 1 amide bonds. The summed E-state index contributed by atoms with van der Waals surface area (Å²) in [6.45, 7) is 5.72. The van der Waals surface area contributed by atoms with Crippen molar-refractivity contribution in [3.05, 3.63) is 82.1 Å². The van der Waals surface area contributed by atoms with Gasteiger partial charge in [-0.15, -0.1) is 0 Å². The van der Waals surface area contributed by atoms with Crippen molar-refractivity contribution in [1.29, 1.82) is 0 Å². The van der Waals surface area contributed by atoms with Crippen molar-refractivity contribution in [3.8, 4) is 11.5 Å². The Balaban J connectivity index is 1.32. The zero-order valence-corrected chi connectivity index (χ0v) is 21.4. The van der Waals surface area contributed by atoms with Crippen molar-refractivity contribution in [1.82, 2.24) is 15.3 Å². The van der Waals surface area contributed by atoms with Crippen molar-refractivity contribution in [3.63, 3.8) is 0 Å². The van der Waals surface area contributed by atoms with Crippen LogP contribution in [0.4, 0.5) is 5.69 Å². The largest absolute Gasteiger partial charge is 0.490 e. The summed E-state index contributed by atoms with van der Waals surface area (Å²) < 4.78 is 12.4. The predicted octanol–water partition coefficient (Wildman–Crippen LogP) is 5.38. The van der Waals surface area contributed by atoms with Gasteiger partial charge in [0.25, 0.3) is 5.91 Å². The first kappa shape index (κ1) is 24.8. The van der Waals surface area contributed by atoms with Gasteiger partial charge in [0.15, 0.2) is 18.1 Å². The van der Waals surface area contributed by atoms with Gasteiger partial charge in [0.2, 0.25) is 0 Å². The van der Waals surface area contributed by atoms with E-state index >= 15 is 0 Å². The van der Waals surface area contributed by atoms with Gasteiger partial charge in [-0.25, -0.2) is 4.98 Å². The van der Waals surface area contributed by atoms with Gasteiger partial charge in [-0.3, -0.25) is 4.79 Å². The predicted molar refractivity (Wildman–Crippen MR) is 142 cm³/mol. The second kappa shape index (κ2) is 11.9. The molecule has 0 bridgehead atoms. The number of amides is 1. The number of hydrogen-bond acceptors (Lipinski definition) is 5. The van der Waals surface area contributed by atoms with Crippen LogP contribution in [0.15, 0.2) is 65.1 Å². The van der Waals surface area contributed by atoms with Gasteiger partial charge < -0.3 is 25.1 Å². The number of anilines is 1. The molecule has 7 nitrogen and oxygen atoms in total. The topological polar surface area (TPSA) is 88.3 Å². The molecule has 0 radical (unpaired) electrons. The van der Waals surface area contributed by atoms with Crippen LogP contribution < -0.4 is 20.1 Å². The lowest BCUT2D eigenvalue weighted by molar-refractivity contribution is -0.118. The molecule has 3 N–H and O–H groups in total. The molecule has 182 valence electrons. The van der Waals surface area contributed by atoms with Crippen LogP contribution in [-0.2, 0) is 17.8 Å². The van der Waals surface area contributed by atoms with E-state index in [9.17, 15) is 4.79 Å². The lowest BCUT2D eigenvalue weighted by Gasteiger charge is -2.16. The Morgan fingerprint density at radius 1 is 1.09 bits per heavy atom.